The lowest BCUT2D eigenvalue weighted by Crippen LogP contribution is -2.30. The second-order valence-electron chi connectivity index (χ2n) is 4.26. The van der Waals surface area contributed by atoms with E-state index in [1.165, 1.54) is 0 Å². The summed E-state index contributed by atoms with van der Waals surface area (Å²) in [7, 11) is 1.60. The van der Waals surface area contributed by atoms with E-state index in [2.05, 4.69) is 10.4 Å². The third-order valence-corrected chi connectivity index (χ3v) is 3.71. The molecule has 3 N–H and O–H groups in total. The Morgan fingerprint density at radius 2 is 2.10 bits per heavy atom. The molecule has 0 aliphatic heterocycles. The first-order valence-electron chi connectivity index (χ1n) is 6.04. The van der Waals surface area contributed by atoms with Gasteiger partial charge in [-0.25, -0.2) is 0 Å². The zero-order chi connectivity index (χ0) is 14.5. The maximum Gasteiger partial charge on any atom is 0.142 e. The molecule has 0 saturated heterocycles. The van der Waals surface area contributed by atoms with Crippen molar-refractivity contribution in [3.05, 3.63) is 57.8 Å². The number of aromatic nitrogens is 1. The number of methoxy groups -OCH3 is 1. The fourth-order valence-corrected chi connectivity index (χ4v) is 2.29. The van der Waals surface area contributed by atoms with Crippen LogP contribution in [0.3, 0.4) is 0 Å². The first kappa shape index (κ1) is 15.1. The monoisotopic (exact) mass is 311 g/mol. The summed E-state index contributed by atoms with van der Waals surface area (Å²) in [5, 5.41) is 1.05. The van der Waals surface area contributed by atoms with Gasteiger partial charge in [-0.1, -0.05) is 29.3 Å². The van der Waals surface area contributed by atoms with Crippen LogP contribution in [0, 0.1) is 0 Å². The summed E-state index contributed by atoms with van der Waals surface area (Å²) in [6, 6.07) is 8.99. The van der Waals surface area contributed by atoms with Gasteiger partial charge in [0, 0.05) is 6.20 Å². The molecule has 4 nitrogen and oxygen atoms in total. The minimum Gasteiger partial charge on any atom is -0.495 e. The molecule has 0 radical (unpaired) electrons. The van der Waals surface area contributed by atoms with Crippen LogP contribution >= 0.6 is 23.2 Å². The second-order valence-corrected chi connectivity index (χ2v) is 5.08. The predicted molar refractivity (Wildman–Crippen MR) is 81.0 cm³/mol. The van der Waals surface area contributed by atoms with Crippen molar-refractivity contribution >= 4 is 23.2 Å². The van der Waals surface area contributed by atoms with Crippen LogP contribution in [-0.4, -0.2) is 12.1 Å². The van der Waals surface area contributed by atoms with Crippen molar-refractivity contribution in [3.8, 4) is 5.75 Å². The lowest BCUT2D eigenvalue weighted by atomic mass is 10.0. The van der Waals surface area contributed by atoms with Gasteiger partial charge in [0.15, 0.2) is 0 Å². The highest BCUT2D eigenvalue weighted by Crippen LogP contribution is 2.28. The van der Waals surface area contributed by atoms with Gasteiger partial charge in [-0.15, -0.1) is 0 Å². The molecule has 1 aromatic heterocycles. The van der Waals surface area contributed by atoms with Crippen molar-refractivity contribution in [3.63, 3.8) is 0 Å². The molecule has 106 valence electrons. The van der Waals surface area contributed by atoms with Crippen LogP contribution < -0.4 is 16.0 Å². The van der Waals surface area contributed by atoms with E-state index >= 15 is 0 Å². The molecule has 0 bridgehead atoms. The Morgan fingerprint density at radius 3 is 2.75 bits per heavy atom. The smallest absolute Gasteiger partial charge is 0.142 e. The third-order valence-electron chi connectivity index (χ3n) is 2.97. The summed E-state index contributed by atoms with van der Waals surface area (Å²) in [6.07, 6.45) is 2.33. The normalized spacial score (nSPS) is 12.2. The van der Waals surface area contributed by atoms with E-state index in [-0.39, 0.29) is 6.04 Å². The average molecular weight is 312 g/mol. The van der Waals surface area contributed by atoms with Crippen molar-refractivity contribution in [1.29, 1.82) is 0 Å². The Kier molecular flexibility index (Phi) is 5.20. The topological polar surface area (TPSA) is 60.2 Å². The molecule has 0 aliphatic rings. The second kappa shape index (κ2) is 6.90. The van der Waals surface area contributed by atoms with Crippen LogP contribution in [0.15, 0.2) is 36.5 Å². The molecule has 0 spiro atoms. The van der Waals surface area contributed by atoms with Gasteiger partial charge in [-0.2, -0.15) is 0 Å². The zero-order valence-electron chi connectivity index (χ0n) is 10.9. The van der Waals surface area contributed by atoms with Crippen LogP contribution in [0.25, 0.3) is 0 Å². The SMILES string of the molecule is COc1cccnc1C(Cc1ccc(Cl)c(Cl)c1)NN. The fourth-order valence-electron chi connectivity index (χ4n) is 1.97. The molecule has 20 heavy (non-hydrogen) atoms. The Bertz CT molecular complexity index is 592. The van der Waals surface area contributed by atoms with Crippen LogP contribution in [0.5, 0.6) is 5.75 Å². The standard InChI is InChI=1S/C14H15Cl2N3O/c1-20-13-3-2-6-18-14(13)12(19-17)8-9-4-5-10(15)11(16)7-9/h2-7,12,19H,8,17H2,1H3. The molecule has 0 saturated carbocycles. The van der Waals surface area contributed by atoms with Gasteiger partial charge in [-0.05, 0) is 36.2 Å². The molecule has 1 aromatic carbocycles. The number of nitrogens with two attached hydrogens (primary N) is 1. The van der Waals surface area contributed by atoms with Gasteiger partial charge in [0.25, 0.3) is 0 Å². The van der Waals surface area contributed by atoms with Gasteiger partial charge < -0.3 is 4.74 Å². The lowest BCUT2D eigenvalue weighted by Gasteiger charge is -2.18. The van der Waals surface area contributed by atoms with Gasteiger partial charge in [0.1, 0.15) is 11.4 Å². The Labute approximate surface area is 127 Å². The maximum atomic E-state index is 6.02. The minimum absolute atomic E-state index is 0.177. The molecular weight excluding hydrogens is 297 g/mol. The summed E-state index contributed by atoms with van der Waals surface area (Å²) in [5.74, 6) is 6.33. The first-order chi connectivity index (χ1) is 9.65. The average Bonchev–Trinajstić information content (AvgIpc) is 2.48. The molecule has 1 heterocycles. The summed E-state index contributed by atoms with van der Waals surface area (Å²) >= 11 is 11.9. The number of nitrogens with one attached hydrogen (secondary N) is 1. The van der Waals surface area contributed by atoms with E-state index in [4.69, 9.17) is 33.8 Å². The molecule has 1 atom stereocenters. The first-order valence-corrected chi connectivity index (χ1v) is 6.80. The number of rotatable bonds is 5. The molecule has 0 fully saturated rings. The molecule has 2 aromatic rings. The summed E-state index contributed by atoms with van der Waals surface area (Å²) < 4.78 is 5.30. The lowest BCUT2D eigenvalue weighted by molar-refractivity contribution is 0.394. The number of hydrogen-bond acceptors (Lipinski definition) is 4. The Hall–Kier alpha value is -1.33. The number of hydrazine groups is 1. The number of benzene rings is 1. The Balaban J connectivity index is 2.26. The van der Waals surface area contributed by atoms with E-state index in [0.717, 1.165) is 11.3 Å². The summed E-state index contributed by atoms with van der Waals surface area (Å²) in [4.78, 5) is 4.33. The van der Waals surface area contributed by atoms with Crippen molar-refractivity contribution in [1.82, 2.24) is 10.4 Å². The van der Waals surface area contributed by atoms with E-state index in [1.807, 2.05) is 24.3 Å². The largest absolute Gasteiger partial charge is 0.495 e. The van der Waals surface area contributed by atoms with Gasteiger partial charge in [0.05, 0.1) is 23.2 Å². The van der Waals surface area contributed by atoms with Crippen LogP contribution in [-0.2, 0) is 6.42 Å². The number of ether oxygens (including phenoxy) is 1. The highest BCUT2D eigenvalue weighted by Gasteiger charge is 2.17. The molecule has 2 rings (SSSR count). The molecule has 0 aliphatic carbocycles. The van der Waals surface area contributed by atoms with Crippen molar-refractivity contribution in [2.75, 3.05) is 7.11 Å². The molecular formula is C14H15Cl2N3O. The number of halogens is 2. The third kappa shape index (κ3) is 3.41. The molecule has 0 amide bonds. The minimum atomic E-state index is -0.177. The van der Waals surface area contributed by atoms with E-state index in [1.54, 1.807) is 19.4 Å². The maximum absolute atomic E-state index is 6.02. The van der Waals surface area contributed by atoms with E-state index < -0.39 is 0 Å². The quantitative estimate of drug-likeness (QED) is 0.658. The molecule has 1 unspecified atom stereocenters. The van der Waals surface area contributed by atoms with Crippen LogP contribution in [0.2, 0.25) is 10.0 Å². The van der Waals surface area contributed by atoms with Crippen LogP contribution in [0.4, 0.5) is 0 Å². The number of nitrogens with zero attached hydrogens (tertiary/aromatic N) is 1. The highest BCUT2D eigenvalue weighted by atomic mass is 35.5. The Morgan fingerprint density at radius 1 is 1.30 bits per heavy atom. The van der Waals surface area contributed by atoms with Crippen molar-refractivity contribution in [2.45, 2.75) is 12.5 Å². The van der Waals surface area contributed by atoms with Crippen molar-refractivity contribution < 1.29 is 4.74 Å². The molecule has 6 heteroatoms. The van der Waals surface area contributed by atoms with E-state index in [9.17, 15) is 0 Å². The van der Waals surface area contributed by atoms with Crippen molar-refractivity contribution in [2.24, 2.45) is 5.84 Å². The van der Waals surface area contributed by atoms with Crippen LogP contribution in [0.1, 0.15) is 17.3 Å². The number of pyridine rings is 1. The predicted octanol–water partition coefficient (Wildman–Crippen LogP) is 3.14. The summed E-state index contributed by atoms with van der Waals surface area (Å²) in [5.41, 5.74) is 4.52. The number of hydrogen-bond donors (Lipinski definition) is 2. The van der Waals surface area contributed by atoms with E-state index in [0.29, 0.717) is 22.2 Å². The van der Waals surface area contributed by atoms with Gasteiger partial charge in [0.2, 0.25) is 0 Å². The fraction of sp³-hybridized carbons (Fsp3) is 0.214. The summed E-state index contributed by atoms with van der Waals surface area (Å²) in [6.45, 7) is 0. The van der Waals surface area contributed by atoms with Gasteiger partial charge in [-0.3, -0.25) is 16.3 Å². The zero-order valence-corrected chi connectivity index (χ0v) is 12.4. The van der Waals surface area contributed by atoms with Gasteiger partial charge >= 0.3 is 0 Å². The highest BCUT2D eigenvalue weighted by molar-refractivity contribution is 6.42.